The second kappa shape index (κ2) is 5.69. The normalized spacial score (nSPS) is 10.6. The van der Waals surface area contributed by atoms with Gasteiger partial charge in [0, 0.05) is 44.6 Å². The Morgan fingerprint density at radius 1 is 1.22 bits per heavy atom. The van der Waals surface area contributed by atoms with E-state index in [0.29, 0.717) is 0 Å². The fourth-order valence-electron chi connectivity index (χ4n) is 1.99. The zero-order chi connectivity index (χ0) is 13.0. The molecule has 0 fully saturated rings. The van der Waals surface area contributed by atoms with E-state index in [2.05, 4.69) is 46.6 Å². The van der Waals surface area contributed by atoms with E-state index in [0.717, 1.165) is 13.1 Å². The van der Waals surface area contributed by atoms with Crippen LogP contribution in [0.2, 0.25) is 0 Å². The molecule has 4 heteroatoms. The topological polar surface area (TPSA) is 33.1 Å². The van der Waals surface area contributed by atoms with Crippen molar-refractivity contribution in [2.24, 2.45) is 7.05 Å². The maximum Gasteiger partial charge on any atom is 0.0539 e. The molecule has 0 aliphatic carbocycles. The predicted molar refractivity (Wildman–Crippen MR) is 74.5 cm³/mol. The highest BCUT2D eigenvalue weighted by molar-refractivity contribution is 5.47. The van der Waals surface area contributed by atoms with Crippen LogP contribution in [0.3, 0.4) is 0 Å². The molecule has 0 saturated carbocycles. The Labute approximate surface area is 108 Å². The highest BCUT2D eigenvalue weighted by atomic mass is 15.2. The molecule has 0 bridgehead atoms. The molecule has 18 heavy (non-hydrogen) atoms. The highest BCUT2D eigenvalue weighted by Gasteiger charge is 2.03. The minimum Gasteiger partial charge on any atom is -0.370 e. The molecule has 0 atom stereocenters. The molecule has 1 N–H and O–H groups in total. The van der Waals surface area contributed by atoms with E-state index in [1.165, 1.54) is 16.8 Å². The van der Waals surface area contributed by atoms with Gasteiger partial charge in [-0.3, -0.25) is 4.68 Å². The summed E-state index contributed by atoms with van der Waals surface area (Å²) in [6, 6.07) is 8.63. The molecular weight excluding hydrogens is 224 g/mol. The summed E-state index contributed by atoms with van der Waals surface area (Å²) >= 11 is 0. The Kier molecular flexibility index (Phi) is 3.99. The van der Waals surface area contributed by atoms with Gasteiger partial charge in [-0.25, -0.2) is 0 Å². The van der Waals surface area contributed by atoms with Crippen molar-refractivity contribution in [1.29, 1.82) is 0 Å². The average molecular weight is 244 g/mol. The van der Waals surface area contributed by atoms with Crippen LogP contribution in [0, 0.1) is 0 Å². The van der Waals surface area contributed by atoms with Crippen molar-refractivity contribution in [2.75, 3.05) is 19.0 Å². The van der Waals surface area contributed by atoms with Crippen molar-refractivity contribution >= 4 is 5.69 Å². The van der Waals surface area contributed by atoms with Gasteiger partial charge in [-0.15, -0.1) is 0 Å². The number of anilines is 1. The smallest absolute Gasteiger partial charge is 0.0539 e. The van der Waals surface area contributed by atoms with Gasteiger partial charge in [0.1, 0.15) is 0 Å². The predicted octanol–water partition coefficient (Wildman–Crippen LogP) is 1.78. The van der Waals surface area contributed by atoms with Crippen molar-refractivity contribution < 1.29 is 0 Å². The second-order valence-corrected chi connectivity index (χ2v) is 4.58. The summed E-state index contributed by atoms with van der Waals surface area (Å²) in [5.41, 5.74) is 3.74. The maximum atomic E-state index is 4.18. The van der Waals surface area contributed by atoms with E-state index >= 15 is 0 Å². The highest BCUT2D eigenvalue weighted by Crippen LogP contribution is 2.16. The van der Waals surface area contributed by atoms with Gasteiger partial charge in [-0.2, -0.15) is 5.10 Å². The van der Waals surface area contributed by atoms with Crippen LogP contribution in [0.15, 0.2) is 36.7 Å². The van der Waals surface area contributed by atoms with E-state index < -0.39 is 0 Å². The van der Waals surface area contributed by atoms with Gasteiger partial charge in [0.15, 0.2) is 0 Å². The Bertz CT molecular complexity index is 487. The van der Waals surface area contributed by atoms with E-state index in [-0.39, 0.29) is 0 Å². The monoisotopic (exact) mass is 244 g/mol. The number of rotatable bonds is 5. The molecule has 1 aromatic heterocycles. The second-order valence-electron chi connectivity index (χ2n) is 4.58. The number of hydrogen-bond acceptors (Lipinski definition) is 3. The first-order valence-corrected chi connectivity index (χ1v) is 6.11. The molecule has 0 amide bonds. The maximum absolute atomic E-state index is 4.18. The number of hydrogen-bond donors (Lipinski definition) is 1. The van der Waals surface area contributed by atoms with Gasteiger partial charge in [0.05, 0.1) is 6.20 Å². The zero-order valence-corrected chi connectivity index (χ0v) is 11.2. The first-order valence-electron chi connectivity index (χ1n) is 6.11. The van der Waals surface area contributed by atoms with Crippen molar-refractivity contribution in [3.05, 3.63) is 47.8 Å². The minimum absolute atomic E-state index is 0.874. The average Bonchev–Trinajstić information content (AvgIpc) is 2.76. The molecule has 0 unspecified atom stereocenters. The molecule has 0 spiro atoms. The SMILES string of the molecule is CNCc1ccc(N(C)Cc2cnn(C)c2)cc1. The lowest BCUT2D eigenvalue weighted by molar-refractivity contribution is 0.766. The minimum atomic E-state index is 0.874. The van der Waals surface area contributed by atoms with Crippen LogP contribution in [0.1, 0.15) is 11.1 Å². The molecular formula is C14H20N4. The summed E-state index contributed by atoms with van der Waals surface area (Å²) in [5, 5.41) is 7.33. The number of aryl methyl sites for hydroxylation is 1. The number of aromatic nitrogens is 2. The van der Waals surface area contributed by atoms with Crippen LogP contribution in [0.4, 0.5) is 5.69 Å². The van der Waals surface area contributed by atoms with Gasteiger partial charge >= 0.3 is 0 Å². The molecule has 2 rings (SSSR count). The van der Waals surface area contributed by atoms with Crippen molar-refractivity contribution in [2.45, 2.75) is 13.1 Å². The van der Waals surface area contributed by atoms with Gasteiger partial charge in [0.2, 0.25) is 0 Å². The summed E-state index contributed by atoms with van der Waals surface area (Å²) in [6.07, 6.45) is 3.96. The third kappa shape index (κ3) is 3.11. The third-order valence-corrected chi connectivity index (χ3v) is 2.94. The summed E-state index contributed by atoms with van der Waals surface area (Å²) in [5.74, 6) is 0. The molecule has 2 aromatic rings. The Morgan fingerprint density at radius 3 is 2.50 bits per heavy atom. The fraction of sp³-hybridized carbons (Fsp3) is 0.357. The van der Waals surface area contributed by atoms with E-state index in [1.54, 1.807) is 0 Å². The Balaban J connectivity index is 2.02. The van der Waals surface area contributed by atoms with Gasteiger partial charge in [0.25, 0.3) is 0 Å². The van der Waals surface area contributed by atoms with Crippen molar-refractivity contribution in [3.8, 4) is 0 Å². The van der Waals surface area contributed by atoms with Gasteiger partial charge < -0.3 is 10.2 Å². The lowest BCUT2D eigenvalue weighted by atomic mass is 10.2. The summed E-state index contributed by atoms with van der Waals surface area (Å²) in [6.45, 7) is 1.78. The molecule has 1 heterocycles. The number of benzene rings is 1. The van der Waals surface area contributed by atoms with E-state index in [1.807, 2.05) is 31.2 Å². The third-order valence-electron chi connectivity index (χ3n) is 2.94. The number of nitrogens with one attached hydrogen (secondary N) is 1. The summed E-state index contributed by atoms with van der Waals surface area (Å²) < 4.78 is 1.83. The van der Waals surface area contributed by atoms with Crippen molar-refractivity contribution in [1.82, 2.24) is 15.1 Å². The number of nitrogens with zero attached hydrogens (tertiary/aromatic N) is 3. The quantitative estimate of drug-likeness (QED) is 0.870. The van der Waals surface area contributed by atoms with Crippen molar-refractivity contribution in [3.63, 3.8) is 0 Å². The molecule has 0 radical (unpaired) electrons. The molecule has 0 aliphatic heterocycles. The summed E-state index contributed by atoms with van der Waals surface area (Å²) in [4.78, 5) is 2.22. The molecule has 4 nitrogen and oxygen atoms in total. The largest absolute Gasteiger partial charge is 0.370 e. The molecule has 0 saturated heterocycles. The van der Waals surface area contributed by atoms with Gasteiger partial charge in [-0.1, -0.05) is 12.1 Å². The summed E-state index contributed by atoms with van der Waals surface area (Å²) in [7, 11) is 6.00. The van der Waals surface area contributed by atoms with Crippen LogP contribution in [0.25, 0.3) is 0 Å². The van der Waals surface area contributed by atoms with Crippen LogP contribution in [-0.2, 0) is 20.1 Å². The van der Waals surface area contributed by atoms with E-state index in [9.17, 15) is 0 Å². The standard InChI is InChI=1S/C14H20N4/c1-15-8-12-4-6-14(7-5-12)17(2)10-13-9-16-18(3)11-13/h4-7,9,11,15H,8,10H2,1-3H3. The van der Waals surface area contributed by atoms with Crippen LogP contribution >= 0.6 is 0 Å². The zero-order valence-electron chi connectivity index (χ0n) is 11.2. The fourth-order valence-corrected chi connectivity index (χ4v) is 1.99. The van der Waals surface area contributed by atoms with Gasteiger partial charge in [-0.05, 0) is 24.7 Å². The lowest BCUT2D eigenvalue weighted by Gasteiger charge is -2.18. The van der Waals surface area contributed by atoms with Crippen LogP contribution in [0.5, 0.6) is 0 Å². The first-order chi connectivity index (χ1) is 8.69. The lowest BCUT2D eigenvalue weighted by Crippen LogP contribution is -2.16. The Hall–Kier alpha value is -1.81. The first kappa shape index (κ1) is 12.6. The van der Waals surface area contributed by atoms with E-state index in [4.69, 9.17) is 0 Å². The molecule has 0 aliphatic rings. The molecule has 96 valence electrons. The Morgan fingerprint density at radius 2 is 1.94 bits per heavy atom. The molecule has 1 aromatic carbocycles. The van der Waals surface area contributed by atoms with Crippen LogP contribution < -0.4 is 10.2 Å². The van der Waals surface area contributed by atoms with Crippen LogP contribution in [-0.4, -0.2) is 23.9 Å².